The molecule has 21 heavy (non-hydrogen) atoms. The van der Waals surface area contributed by atoms with Crippen molar-refractivity contribution in [1.82, 2.24) is 0 Å². The fourth-order valence-corrected chi connectivity index (χ4v) is 4.67. The summed E-state index contributed by atoms with van der Waals surface area (Å²) >= 11 is 0. The van der Waals surface area contributed by atoms with Gasteiger partial charge in [-0.15, -0.1) is 0 Å². The number of allylic oxidation sites excluding steroid dienone is 2. The Kier molecular flexibility index (Phi) is 4.03. The lowest BCUT2D eigenvalue weighted by molar-refractivity contribution is 0.154. The van der Waals surface area contributed by atoms with Crippen LogP contribution in [0.1, 0.15) is 77.2 Å². The van der Waals surface area contributed by atoms with Gasteiger partial charge < -0.3 is 4.42 Å². The molecule has 1 heteroatoms. The van der Waals surface area contributed by atoms with Crippen molar-refractivity contribution in [3.63, 3.8) is 0 Å². The number of hydrogen-bond donors (Lipinski definition) is 0. The van der Waals surface area contributed by atoms with Crippen LogP contribution in [0, 0.1) is 23.7 Å². The lowest BCUT2D eigenvalue weighted by Crippen LogP contribution is -2.32. The van der Waals surface area contributed by atoms with E-state index in [1.54, 1.807) is 5.57 Å². The van der Waals surface area contributed by atoms with E-state index in [-0.39, 0.29) is 0 Å². The summed E-state index contributed by atoms with van der Waals surface area (Å²) in [5.74, 6) is 6.64. The Morgan fingerprint density at radius 1 is 1.05 bits per heavy atom. The van der Waals surface area contributed by atoms with Gasteiger partial charge >= 0.3 is 0 Å². The Balaban J connectivity index is 1.98. The summed E-state index contributed by atoms with van der Waals surface area (Å²) in [6.07, 6.45) is 6.32. The van der Waals surface area contributed by atoms with Crippen molar-refractivity contribution in [2.24, 2.45) is 23.7 Å². The molecule has 1 nitrogen and oxygen atoms in total. The normalized spacial score (nSPS) is 36.5. The van der Waals surface area contributed by atoms with Crippen LogP contribution in [0.15, 0.2) is 28.2 Å². The smallest absolute Gasteiger partial charge is 0.107 e. The predicted octanol–water partition coefficient (Wildman–Crippen LogP) is 6.14. The first kappa shape index (κ1) is 14.9. The quantitative estimate of drug-likeness (QED) is 0.565. The number of rotatable bonds is 1. The third-order valence-corrected chi connectivity index (χ3v) is 6.07. The van der Waals surface area contributed by atoms with Gasteiger partial charge in [0.05, 0.1) is 0 Å². The zero-order chi connectivity index (χ0) is 15.1. The molecule has 1 aromatic rings. The van der Waals surface area contributed by atoms with Gasteiger partial charge in [0.1, 0.15) is 11.5 Å². The second kappa shape index (κ2) is 5.66. The summed E-state index contributed by atoms with van der Waals surface area (Å²) in [5.41, 5.74) is 1.63. The van der Waals surface area contributed by atoms with Crippen molar-refractivity contribution in [2.75, 3.05) is 0 Å². The van der Waals surface area contributed by atoms with E-state index in [1.165, 1.54) is 30.8 Å². The highest BCUT2D eigenvalue weighted by Gasteiger charge is 2.38. The molecule has 0 saturated heterocycles. The number of hydrogen-bond acceptors (Lipinski definition) is 1. The summed E-state index contributed by atoms with van der Waals surface area (Å²) in [6.45, 7) is 11.8. The van der Waals surface area contributed by atoms with Crippen LogP contribution in [0.2, 0.25) is 0 Å². The van der Waals surface area contributed by atoms with E-state index in [2.05, 4.69) is 52.8 Å². The van der Waals surface area contributed by atoms with Gasteiger partial charge in [-0.2, -0.15) is 0 Å². The monoisotopic (exact) mass is 286 g/mol. The maximum absolute atomic E-state index is 6.15. The summed E-state index contributed by atoms with van der Waals surface area (Å²) in [4.78, 5) is 0. The Hall–Kier alpha value is -0.980. The summed E-state index contributed by atoms with van der Waals surface area (Å²) in [5, 5.41) is 0. The van der Waals surface area contributed by atoms with Gasteiger partial charge in [0.2, 0.25) is 0 Å². The molecule has 3 rings (SSSR count). The Morgan fingerprint density at radius 2 is 1.67 bits per heavy atom. The molecule has 2 aliphatic rings. The second-order valence-electron chi connectivity index (χ2n) is 7.88. The van der Waals surface area contributed by atoms with Gasteiger partial charge in [-0.1, -0.05) is 39.3 Å². The Bertz CT molecular complexity index is 522. The molecule has 0 saturated carbocycles. The third kappa shape index (κ3) is 2.72. The van der Waals surface area contributed by atoms with Crippen LogP contribution in [0.5, 0.6) is 0 Å². The molecule has 1 aromatic heterocycles. The van der Waals surface area contributed by atoms with Crippen LogP contribution in [-0.2, 0) is 0 Å². The van der Waals surface area contributed by atoms with Crippen LogP contribution in [0.3, 0.4) is 0 Å². The highest BCUT2D eigenvalue weighted by atomic mass is 16.3. The van der Waals surface area contributed by atoms with Gasteiger partial charge in [0.15, 0.2) is 0 Å². The van der Waals surface area contributed by atoms with E-state index >= 15 is 0 Å². The molecule has 1 aliphatic heterocycles. The number of fused-ring (bicyclic) bond motifs is 3. The Morgan fingerprint density at radius 3 is 2.29 bits per heavy atom. The van der Waals surface area contributed by atoms with E-state index in [0.717, 1.165) is 23.7 Å². The summed E-state index contributed by atoms with van der Waals surface area (Å²) in [7, 11) is 0. The molecular weight excluding hydrogens is 256 g/mol. The SMILES string of the molecule is CC1=CC[C@H](C(C)C)[C@H]2CC(C)c3ccc(o3)C(C)C[C@@H]12. The van der Waals surface area contributed by atoms with E-state index in [9.17, 15) is 0 Å². The van der Waals surface area contributed by atoms with Crippen molar-refractivity contribution in [3.05, 3.63) is 35.3 Å². The zero-order valence-electron chi connectivity index (χ0n) is 14.2. The molecule has 1 aliphatic carbocycles. The molecule has 0 radical (unpaired) electrons. The van der Waals surface area contributed by atoms with Crippen LogP contribution in [0.4, 0.5) is 0 Å². The lowest BCUT2D eigenvalue weighted by Gasteiger charge is -2.41. The predicted molar refractivity (Wildman–Crippen MR) is 88.5 cm³/mol. The van der Waals surface area contributed by atoms with Crippen LogP contribution < -0.4 is 0 Å². The van der Waals surface area contributed by atoms with E-state index < -0.39 is 0 Å². The van der Waals surface area contributed by atoms with Gasteiger partial charge in [0, 0.05) is 11.8 Å². The van der Waals surface area contributed by atoms with Gasteiger partial charge in [-0.05, 0) is 62.0 Å². The van der Waals surface area contributed by atoms with Crippen LogP contribution in [-0.4, -0.2) is 0 Å². The molecule has 116 valence electrons. The fourth-order valence-electron chi connectivity index (χ4n) is 4.67. The average Bonchev–Trinajstić information content (AvgIpc) is 2.92. The minimum atomic E-state index is 0.533. The van der Waals surface area contributed by atoms with Crippen molar-refractivity contribution in [1.29, 1.82) is 0 Å². The fraction of sp³-hybridized carbons (Fsp3) is 0.700. The maximum atomic E-state index is 6.15. The highest BCUT2D eigenvalue weighted by molar-refractivity contribution is 5.19. The van der Waals surface area contributed by atoms with Gasteiger partial charge in [-0.25, -0.2) is 0 Å². The Labute approximate surface area is 129 Å². The molecule has 0 fully saturated rings. The second-order valence-corrected chi connectivity index (χ2v) is 7.88. The molecule has 2 bridgehead atoms. The van der Waals surface area contributed by atoms with E-state index in [0.29, 0.717) is 11.8 Å². The van der Waals surface area contributed by atoms with Crippen molar-refractivity contribution < 1.29 is 4.42 Å². The van der Waals surface area contributed by atoms with Crippen molar-refractivity contribution in [3.8, 4) is 0 Å². The van der Waals surface area contributed by atoms with Crippen LogP contribution in [0.25, 0.3) is 0 Å². The minimum absolute atomic E-state index is 0.533. The first-order chi connectivity index (χ1) is 9.97. The molecule has 2 unspecified atom stereocenters. The lowest BCUT2D eigenvalue weighted by atomic mass is 9.63. The minimum Gasteiger partial charge on any atom is -0.466 e. The van der Waals surface area contributed by atoms with E-state index in [1.807, 2.05) is 0 Å². The molecule has 0 N–H and O–H groups in total. The molecule has 2 heterocycles. The van der Waals surface area contributed by atoms with Gasteiger partial charge in [0.25, 0.3) is 0 Å². The van der Waals surface area contributed by atoms with E-state index in [4.69, 9.17) is 4.42 Å². The largest absolute Gasteiger partial charge is 0.466 e. The number of furan rings is 1. The zero-order valence-corrected chi connectivity index (χ0v) is 14.2. The van der Waals surface area contributed by atoms with Gasteiger partial charge in [-0.3, -0.25) is 0 Å². The first-order valence-electron chi connectivity index (χ1n) is 8.73. The average molecular weight is 286 g/mol. The topological polar surface area (TPSA) is 13.1 Å². The third-order valence-electron chi connectivity index (χ3n) is 6.07. The first-order valence-corrected chi connectivity index (χ1v) is 8.73. The molecule has 0 amide bonds. The summed E-state index contributed by atoms with van der Waals surface area (Å²) < 4.78 is 6.15. The highest BCUT2D eigenvalue weighted by Crippen LogP contribution is 2.48. The van der Waals surface area contributed by atoms with Crippen LogP contribution >= 0.6 is 0 Å². The van der Waals surface area contributed by atoms with Crippen molar-refractivity contribution in [2.45, 2.75) is 65.7 Å². The van der Waals surface area contributed by atoms with Crippen molar-refractivity contribution >= 4 is 0 Å². The molecule has 0 spiro atoms. The molecular formula is C20H30O. The maximum Gasteiger partial charge on any atom is 0.107 e. The molecule has 5 atom stereocenters. The standard InChI is InChI=1S/C20H30O/c1-12(2)16-7-6-13(3)17-10-14(4)19-8-9-20(21-19)15(5)11-18(16)17/h6,8-9,12,14-18H,7,10-11H2,1-5H3/t14?,15?,16-,17+,18-/m1/s1. The molecule has 0 aromatic carbocycles. The summed E-state index contributed by atoms with van der Waals surface area (Å²) in [6, 6.07) is 4.42.